The van der Waals surface area contributed by atoms with E-state index in [9.17, 15) is 19.2 Å². The summed E-state index contributed by atoms with van der Waals surface area (Å²) in [5, 5.41) is 4.50. The van der Waals surface area contributed by atoms with Gasteiger partial charge in [-0.3, -0.25) is 19.2 Å². The lowest BCUT2D eigenvalue weighted by Crippen LogP contribution is -2.42. The zero-order valence-electron chi connectivity index (χ0n) is 10.3. The zero-order valence-corrected chi connectivity index (χ0v) is 10.3. The molecule has 2 N–H and O–H groups in total. The molecule has 0 heterocycles. The van der Waals surface area contributed by atoms with Gasteiger partial charge in [-0.05, 0) is 0 Å². The van der Waals surface area contributed by atoms with Crippen molar-refractivity contribution >= 4 is 23.8 Å². The summed E-state index contributed by atoms with van der Waals surface area (Å²) in [6.45, 7) is 2.59. The van der Waals surface area contributed by atoms with Crippen LogP contribution in [0.25, 0.3) is 0 Å². The highest BCUT2D eigenvalue weighted by molar-refractivity contribution is 6.35. The number of rotatable bonds is 6. The van der Waals surface area contributed by atoms with Crippen LogP contribution in [0, 0.1) is 0 Å². The summed E-state index contributed by atoms with van der Waals surface area (Å²) in [6, 6.07) is 0. The Kier molecular flexibility index (Phi) is 7.91. The van der Waals surface area contributed by atoms with Gasteiger partial charge in [0.1, 0.15) is 13.2 Å². The number of amides is 2. The summed E-state index contributed by atoms with van der Waals surface area (Å²) in [6.07, 6.45) is 0. The third-order valence-electron chi connectivity index (χ3n) is 1.59. The van der Waals surface area contributed by atoms with Gasteiger partial charge in [0.15, 0.2) is 0 Å². The lowest BCUT2D eigenvalue weighted by Gasteiger charge is -2.06. The highest BCUT2D eigenvalue weighted by Crippen LogP contribution is 1.77. The maximum Gasteiger partial charge on any atom is 0.309 e. The summed E-state index contributed by atoms with van der Waals surface area (Å²) < 4.78 is 9.11. The summed E-state index contributed by atoms with van der Waals surface area (Å²) in [7, 11) is 0. The van der Waals surface area contributed by atoms with E-state index in [-0.39, 0.29) is 26.3 Å². The summed E-state index contributed by atoms with van der Waals surface area (Å²) >= 11 is 0. The predicted molar refractivity (Wildman–Crippen MR) is 59.3 cm³/mol. The normalized spacial score (nSPS) is 9.22. The van der Waals surface area contributed by atoms with Crippen LogP contribution < -0.4 is 10.6 Å². The maximum atomic E-state index is 11.1. The molecule has 102 valence electrons. The van der Waals surface area contributed by atoms with E-state index < -0.39 is 23.8 Å². The average molecular weight is 260 g/mol. The molecule has 0 unspecified atom stereocenters. The number of hydrogen-bond acceptors (Lipinski definition) is 6. The number of hydrogen-bond donors (Lipinski definition) is 2. The fourth-order valence-corrected chi connectivity index (χ4v) is 0.879. The molecule has 0 aliphatic rings. The Morgan fingerprint density at radius 1 is 0.778 bits per heavy atom. The van der Waals surface area contributed by atoms with Crippen molar-refractivity contribution < 1.29 is 28.7 Å². The van der Waals surface area contributed by atoms with Crippen molar-refractivity contribution in [3.05, 3.63) is 0 Å². The monoisotopic (exact) mass is 260 g/mol. The molecule has 0 aromatic heterocycles. The minimum atomic E-state index is -0.843. The van der Waals surface area contributed by atoms with Gasteiger partial charge in [0.05, 0.1) is 13.1 Å². The fourth-order valence-electron chi connectivity index (χ4n) is 0.879. The Morgan fingerprint density at radius 3 is 1.39 bits per heavy atom. The fraction of sp³-hybridized carbons (Fsp3) is 0.600. The lowest BCUT2D eigenvalue weighted by molar-refractivity contribution is -0.143. The molecule has 8 heteroatoms. The van der Waals surface area contributed by atoms with Crippen LogP contribution in [0.4, 0.5) is 0 Å². The molecule has 0 radical (unpaired) electrons. The van der Waals surface area contributed by atoms with Crippen molar-refractivity contribution in [2.24, 2.45) is 0 Å². The van der Waals surface area contributed by atoms with Crippen molar-refractivity contribution in [1.82, 2.24) is 10.6 Å². The molecular weight excluding hydrogens is 244 g/mol. The Labute approximate surface area is 104 Å². The third kappa shape index (κ3) is 9.13. The lowest BCUT2D eigenvalue weighted by atomic mass is 10.5. The van der Waals surface area contributed by atoms with Crippen LogP contribution in [0.2, 0.25) is 0 Å². The van der Waals surface area contributed by atoms with Crippen LogP contribution in [0.3, 0.4) is 0 Å². The molecule has 0 saturated carbocycles. The minimum Gasteiger partial charge on any atom is -0.464 e. The molecule has 0 spiro atoms. The number of carbonyl (C=O) groups excluding carboxylic acids is 4. The topological polar surface area (TPSA) is 111 Å². The van der Waals surface area contributed by atoms with Crippen LogP contribution in [-0.2, 0) is 28.7 Å². The van der Waals surface area contributed by atoms with E-state index in [4.69, 9.17) is 0 Å². The molecule has 0 aliphatic heterocycles. The highest BCUT2D eigenvalue weighted by atomic mass is 16.5. The first-order valence-electron chi connectivity index (χ1n) is 5.26. The summed E-state index contributed by atoms with van der Waals surface area (Å²) in [5.74, 6) is -2.61. The number of ether oxygens (including phenoxy) is 2. The van der Waals surface area contributed by atoms with Crippen LogP contribution in [0.1, 0.15) is 13.8 Å². The van der Waals surface area contributed by atoms with Crippen molar-refractivity contribution in [3.8, 4) is 0 Å². The molecule has 0 fully saturated rings. The highest BCUT2D eigenvalue weighted by Gasteiger charge is 2.11. The first-order chi connectivity index (χ1) is 8.43. The van der Waals surface area contributed by atoms with Gasteiger partial charge in [-0.15, -0.1) is 0 Å². The van der Waals surface area contributed by atoms with Gasteiger partial charge in [-0.1, -0.05) is 0 Å². The predicted octanol–water partition coefficient (Wildman–Crippen LogP) is -1.65. The zero-order chi connectivity index (χ0) is 14.0. The molecule has 0 bridgehead atoms. The van der Waals surface area contributed by atoms with Crippen LogP contribution in [0.15, 0.2) is 0 Å². The Balaban J connectivity index is 3.60. The largest absolute Gasteiger partial charge is 0.464 e. The van der Waals surface area contributed by atoms with Crippen molar-refractivity contribution in [2.45, 2.75) is 13.8 Å². The van der Waals surface area contributed by atoms with Gasteiger partial charge < -0.3 is 20.1 Å². The standard InChI is InChI=1S/C10H16N2O6/c1-7(13)17-5-3-11-9(15)10(16)12-4-6-18-8(2)14/h3-6H2,1-2H3,(H,11,15)(H,12,16). The molecule has 0 saturated heterocycles. The minimum absolute atomic E-state index is 0.00179. The second kappa shape index (κ2) is 8.97. The summed E-state index contributed by atoms with van der Waals surface area (Å²) in [5.41, 5.74) is 0. The SMILES string of the molecule is CC(=O)OCCNC(=O)C(=O)NCCOC(C)=O. The number of nitrogens with one attached hydrogen (secondary N) is 2. The molecule has 0 aromatic carbocycles. The number of esters is 2. The van der Waals surface area contributed by atoms with E-state index in [1.54, 1.807) is 0 Å². The van der Waals surface area contributed by atoms with E-state index >= 15 is 0 Å². The molecule has 2 amide bonds. The van der Waals surface area contributed by atoms with Crippen molar-refractivity contribution in [1.29, 1.82) is 0 Å². The third-order valence-corrected chi connectivity index (χ3v) is 1.59. The Bertz CT molecular complexity index is 296. The Morgan fingerprint density at radius 2 is 1.11 bits per heavy atom. The maximum absolute atomic E-state index is 11.1. The van der Waals surface area contributed by atoms with Crippen molar-refractivity contribution in [2.75, 3.05) is 26.3 Å². The Hall–Kier alpha value is -2.12. The van der Waals surface area contributed by atoms with Gasteiger partial charge in [0.25, 0.3) is 0 Å². The van der Waals surface area contributed by atoms with Gasteiger partial charge in [0, 0.05) is 13.8 Å². The van der Waals surface area contributed by atoms with Crippen LogP contribution >= 0.6 is 0 Å². The van der Waals surface area contributed by atoms with Gasteiger partial charge in [-0.25, -0.2) is 0 Å². The van der Waals surface area contributed by atoms with E-state index in [0.717, 1.165) is 0 Å². The first kappa shape index (κ1) is 15.9. The first-order valence-corrected chi connectivity index (χ1v) is 5.26. The van der Waals surface area contributed by atoms with E-state index in [1.165, 1.54) is 13.8 Å². The number of carbonyl (C=O) groups is 4. The molecule has 18 heavy (non-hydrogen) atoms. The molecular formula is C10H16N2O6. The van der Waals surface area contributed by atoms with Gasteiger partial charge in [0.2, 0.25) is 0 Å². The van der Waals surface area contributed by atoms with Gasteiger partial charge >= 0.3 is 23.8 Å². The molecule has 0 aliphatic carbocycles. The quantitative estimate of drug-likeness (QED) is 0.336. The second-order valence-corrected chi connectivity index (χ2v) is 3.19. The molecule has 0 rings (SSSR count). The van der Waals surface area contributed by atoms with Crippen molar-refractivity contribution in [3.63, 3.8) is 0 Å². The molecule has 0 aromatic rings. The second-order valence-electron chi connectivity index (χ2n) is 3.19. The summed E-state index contributed by atoms with van der Waals surface area (Å²) in [4.78, 5) is 43.1. The van der Waals surface area contributed by atoms with Crippen LogP contribution in [0.5, 0.6) is 0 Å². The van der Waals surface area contributed by atoms with E-state index in [0.29, 0.717) is 0 Å². The molecule has 0 atom stereocenters. The smallest absolute Gasteiger partial charge is 0.309 e. The van der Waals surface area contributed by atoms with E-state index in [1.807, 2.05) is 0 Å². The average Bonchev–Trinajstić information content (AvgIpc) is 2.29. The molecule has 8 nitrogen and oxygen atoms in total. The van der Waals surface area contributed by atoms with Gasteiger partial charge in [-0.2, -0.15) is 0 Å². The van der Waals surface area contributed by atoms with E-state index in [2.05, 4.69) is 20.1 Å². The van der Waals surface area contributed by atoms with Crippen LogP contribution in [-0.4, -0.2) is 50.1 Å².